The van der Waals surface area contributed by atoms with E-state index < -0.39 is 0 Å². The quantitative estimate of drug-likeness (QED) is 0.611. The van der Waals surface area contributed by atoms with Gasteiger partial charge in [-0.05, 0) is 33.9 Å². The molecule has 0 rings (SSSR count). The summed E-state index contributed by atoms with van der Waals surface area (Å²) in [6, 6.07) is 0.560. The van der Waals surface area contributed by atoms with Crippen molar-refractivity contribution < 1.29 is 9.53 Å². The molecule has 0 bridgehead atoms. The minimum absolute atomic E-state index is 0.0419. The Labute approximate surface area is 86.6 Å². The summed E-state index contributed by atoms with van der Waals surface area (Å²) in [7, 11) is 3.60. The second-order valence-corrected chi connectivity index (χ2v) is 3.71. The Hall–Kier alpha value is -0.610. The molecule has 0 atom stereocenters. The largest absolute Gasteiger partial charge is 0.375 e. The molecule has 0 aromatic rings. The highest BCUT2D eigenvalue weighted by Crippen LogP contribution is 1.93. The maximum Gasteiger partial charge on any atom is 0.245 e. The van der Waals surface area contributed by atoms with Crippen LogP contribution in [0.5, 0.6) is 0 Å². The van der Waals surface area contributed by atoms with Crippen LogP contribution in [0.4, 0.5) is 0 Å². The highest BCUT2D eigenvalue weighted by atomic mass is 16.5. The Morgan fingerprint density at radius 1 is 1.50 bits per heavy atom. The van der Waals surface area contributed by atoms with Crippen LogP contribution in [0.2, 0.25) is 0 Å². The van der Waals surface area contributed by atoms with Crippen molar-refractivity contribution in [2.24, 2.45) is 0 Å². The summed E-state index contributed by atoms with van der Waals surface area (Å²) in [5.74, 6) is -0.0419. The van der Waals surface area contributed by atoms with Crippen LogP contribution in [0, 0.1) is 0 Å². The van der Waals surface area contributed by atoms with E-state index in [-0.39, 0.29) is 12.5 Å². The van der Waals surface area contributed by atoms with E-state index in [1.165, 1.54) is 7.11 Å². The van der Waals surface area contributed by atoms with Crippen molar-refractivity contribution in [3.8, 4) is 0 Å². The first kappa shape index (κ1) is 13.4. The van der Waals surface area contributed by atoms with Crippen LogP contribution >= 0.6 is 0 Å². The number of nitrogens with zero attached hydrogens (tertiary/aromatic N) is 1. The average molecular weight is 202 g/mol. The first-order valence-corrected chi connectivity index (χ1v) is 5.03. The predicted molar refractivity (Wildman–Crippen MR) is 57.3 cm³/mol. The molecule has 0 heterocycles. The first-order chi connectivity index (χ1) is 6.57. The Bertz CT molecular complexity index is 160. The van der Waals surface area contributed by atoms with Gasteiger partial charge in [-0.2, -0.15) is 0 Å². The fraction of sp³-hybridized carbons (Fsp3) is 0.900. The van der Waals surface area contributed by atoms with Crippen molar-refractivity contribution in [3.63, 3.8) is 0 Å². The molecular formula is C10H22N2O2. The SMILES string of the molecule is COCC(=O)NCCCN(C)C(C)C. The van der Waals surface area contributed by atoms with E-state index in [1.807, 2.05) is 0 Å². The molecule has 0 spiro atoms. The zero-order valence-corrected chi connectivity index (χ0v) is 9.67. The van der Waals surface area contributed by atoms with Crippen LogP contribution in [0.25, 0.3) is 0 Å². The second-order valence-electron chi connectivity index (χ2n) is 3.71. The predicted octanol–water partition coefficient (Wildman–Crippen LogP) is 0.479. The summed E-state index contributed by atoms with van der Waals surface area (Å²) in [5, 5.41) is 2.79. The Morgan fingerprint density at radius 2 is 2.14 bits per heavy atom. The topological polar surface area (TPSA) is 41.6 Å². The van der Waals surface area contributed by atoms with Crippen LogP contribution in [-0.2, 0) is 9.53 Å². The van der Waals surface area contributed by atoms with Crippen molar-refractivity contribution >= 4 is 5.91 Å². The number of nitrogens with one attached hydrogen (secondary N) is 1. The molecule has 4 heteroatoms. The summed E-state index contributed by atoms with van der Waals surface area (Å²) >= 11 is 0. The third kappa shape index (κ3) is 6.86. The van der Waals surface area contributed by atoms with Gasteiger partial charge in [0.05, 0.1) is 0 Å². The van der Waals surface area contributed by atoms with Crippen molar-refractivity contribution in [1.29, 1.82) is 0 Å². The monoisotopic (exact) mass is 202 g/mol. The molecule has 0 fully saturated rings. The third-order valence-corrected chi connectivity index (χ3v) is 2.17. The number of hydrogen-bond acceptors (Lipinski definition) is 3. The Kier molecular flexibility index (Phi) is 7.42. The van der Waals surface area contributed by atoms with E-state index in [9.17, 15) is 4.79 Å². The maximum absolute atomic E-state index is 11.0. The van der Waals surface area contributed by atoms with Gasteiger partial charge in [0, 0.05) is 19.7 Å². The Balaban J connectivity index is 3.33. The summed E-state index contributed by atoms with van der Waals surface area (Å²) in [6.45, 7) is 6.19. The molecular weight excluding hydrogens is 180 g/mol. The summed E-state index contributed by atoms with van der Waals surface area (Å²) < 4.78 is 4.70. The van der Waals surface area contributed by atoms with Gasteiger partial charge in [0.25, 0.3) is 0 Å². The number of ether oxygens (including phenoxy) is 1. The van der Waals surface area contributed by atoms with E-state index in [1.54, 1.807) is 0 Å². The zero-order chi connectivity index (χ0) is 11.0. The van der Waals surface area contributed by atoms with Crippen molar-refractivity contribution in [2.45, 2.75) is 26.3 Å². The highest BCUT2D eigenvalue weighted by Gasteiger charge is 2.03. The fourth-order valence-electron chi connectivity index (χ4n) is 0.997. The van der Waals surface area contributed by atoms with E-state index in [0.29, 0.717) is 6.04 Å². The number of amides is 1. The standard InChI is InChI=1S/C10H22N2O2/c1-9(2)12(3)7-5-6-11-10(13)8-14-4/h9H,5-8H2,1-4H3,(H,11,13). The minimum Gasteiger partial charge on any atom is -0.375 e. The molecule has 0 saturated carbocycles. The molecule has 0 aromatic heterocycles. The number of hydrogen-bond donors (Lipinski definition) is 1. The molecule has 14 heavy (non-hydrogen) atoms. The molecule has 84 valence electrons. The maximum atomic E-state index is 11.0. The lowest BCUT2D eigenvalue weighted by Crippen LogP contribution is -2.32. The van der Waals surface area contributed by atoms with Crippen LogP contribution in [0.1, 0.15) is 20.3 Å². The van der Waals surface area contributed by atoms with Crippen LogP contribution < -0.4 is 5.32 Å². The van der Waals surface area contributed by atoms with Gasteiger partial charge in [0.1, 0.15) is 6.61 Å². The van der Waals surface area contributed by atoms with E-state index in [4.69, 9.17) is 4.74 Å². The molecule has 0 radical (unpaired) electrons. The first-order valence-electron chi connectivity index (χ1n) is 5.03. The van der Waals surface area contributed by atoms with Gasteiger partial charge in [-0.25, -0.2) is 0 Å². The van der Waals surface area contributed by atoms with Gasteiger partial charge >= 0.3 is 0 Å². The van der Waals surface area contributed by atoms with Crippen LogP contribution in [-0.4, -0.2) is 50.7 Å². The second kappa shape index (κ2) is 7.76. The zero-order valence-electron chi connectivity index (χ0n) is 9.67. The molecule has 0 aliphatic heterocycles. The summed E-state index contributed by atoms with van der Waals surface area (Å²) in [5.41, 5.74) is 0. The van der Waals surface area contributed by atoms with Crippen molar-refractivity contribution in [1.82, 2.24) is 10.2 Å². The van der Waals surface area contributed by atoms with Crippen LogP contribution in [0.15, 0.2) is 0 Å². The van der Waals surface area contributed by atoms with Crippen LogP contribution in [0.3, 0.4) is 0 Å². The number of rotatable bonds is 7. The van der Waals surface area contributed by atoms with Gasteiger partial charge in [-0.3, -0.25) is 4.79 Å². The number of carbonyl (C=O) groups is 1. The van der Waals surface area contributed by atoms with Gasteiger partial charge in [-0.15, -0.1) is 0 Å². The minimum atomic E-state index is -0.0419. The molecule has 0 aliphatic carbocycles. The van der Waals surface area contributed by atoms with Gasteiger partial charge in [0.15, 0.2) is 0 Å². The van der Waals surface area contributed by atoms with E-state index >= 15 is 0 Å². The summed E-state index contributed by atoms with van der Waals surface area (Å²) in [6.07, 6.45) is 0.976. The van der Waals surface area contributed by atoms with Gasteiger partial charge < -0.3 is 15.0 Å². The lowest BCUT2D eigenvalue weighted by molar-refractivity contribution is -0.124. The smallest absolute Gasteiger partial charge is 0.245 e. The molecule has 0 aliphatic rings. The molecule has 1 N–H and O–H groups in total. The normalized spacial score (nSPS) is 11.0. The molecule has 0 unspecified atom stereocenters. The van der Waals surface area contributed by atoms with Crippen molar-refractivity contribution in [2.75, 3.05) is 33.9 Å². The third-order valence-electron chi connectivity index (χ3n) is 2.17. The number of carbonyl (C=O) groups excluding carboxylic acids is 1. The van der Waals surface area contributed by atoms with Gasteiger partial charge in [0.2, 0.25) is 5.91 Å². The molecule has 4 nitrogen and oxygen atoms in total. The molecule has 0 aromatic carbocycles. The summed E-state index contributed by atoms with van der Waals surface area (Å²) in [4.78, 5) is 13.2. The highest BCUT2D eigenvalue weighted by molar-refractivity contribution is 5.77. The fourth-order valence-corrected chi connectivity index (χ4v) is 0.997. The van der Waals surface area contributed by atoms with Gasteiger partial charge in [-0.1, -0.05) is 0 Å². The van der Waals surface area contributed by atoms with Crippen molar-refractivity contribution in [3.05, 3.63) is 0 Å². The average Bonchev–Trinajstić information content (AvgIpc) is 2.12. The van der Waals surface area contributed by atoms with E-state index in [0.717, 1.165) is 19.5 Å². The lowest BCUT2D eigenvalue weighted by atomic mass is 10.3. The lowest BCUT2D eigenvalue weighted by Gasteiger charge is -2.20. The molecule has 0 saturated heterocycles. The van der Waals surface area contributed by atoms with E-state index in [2.05, 4.69) is 31.1 Å². The number of methoxy groups -OCH3 is 1. The molecule has 1 amide bonds. The Morgan fingerprint density at radius 3 is 2.64 bits per heavy atom.